The van der Waals surface area contributed by atoms with E-state index >= 15 is 0 Å². The second-order valence-electron chi connectivity index (χ2n) is 10.7. The first kappa shape index (κ1) is 33.0. The van der Waals surface area contributed by atoms with E-state index in [0.29, 0.717) is 22.7 Å². The standard InChI is InChI=1S/C29H39NO13/c1-13(2)28(38)30-15-5-7-16(8-6-15)40-18-10-14(4-9-17(18)39-3)26-25(37)27(22(34)20(12-32)41-26)43-29-24(36)23(35)21(33)19(11-31)42-29/h4-10,13,19-27,29,31-37H,11-12H2,1-3H3,(H,30,38)/t19-,20-,21-,22-,23+,24+,25-,26-,27+,29-/m1/s1. The number of carbonyl (C=O) groups excluding carboxylic acids is 1. The normalized spacial score (nSPS) is 32.8. The molecule has 2 aliphatic rings. The minimum Gasteiger partial charge on any atom is -0.493 e. The predicted octanol–water partition coefficient (Wildman–Crippen LogP) is -0.579. The zero-order chi connectivity index (χ0) is 31.4. The fraction of sp³-hybridized carbons (Fsp3) is 0.552. The largest absolute Gasteiger partial charge is 0.493 e. The zero-order valence-electron chi connectivity index (χ0n) is 23.9. The third kappa shape index (κ3) is 7.26. The van der Waals surface area contributed by atoms with Crippen LogP contribution in [-0.4, -0.2) is 117 Å². The van der Waals surface area contributed by atoms with Crippen molar-refractivity contribution in [3.05, 3.63) is 48.0 Å². The lowest BCUT2D eigenvalue weighted by Gasteiger charge is -2.46. The fourth-order valence-electron chi connectivity index (χ4n) is 4.83. The van der Waals surface area contributed by atoms with Crippen molar-refractivity contribution in [2.45, 2.75) is 75.1 Å². The van der Waals surface area contributed by atoms with Gasteiger partial charge < -0.3 is 64.7 Å². The molecular weight excluding hydrogens is 570 g/mol. The lowest BCUT2D eigenvalue weighted by Crippen LogP contribution is -2.63. The van der Waals surface area contributed by atoms with E-state index in [0.717, 1.165) is 0 Å². The molecule has 14 nitrogen and oxygen atoms in total. The molecule has 238 valence electrons. The molecule has 0 unspecified atom stereocenters. The Morgan fingerprint density at radius 3 is 2.09 bits per heavy atom. The molecular formula is C29H39NO13. The Bertz CT molecular complexity index is 1210. The van der Waals surface area contributed by atoms with E-state index in [9.17, 15) is 40.5 Å². The molecule has 2 saturated heterocycles. The summed E-state index contributed by atoms with van der Waals surface area (Å²) in [5.74, 6) is 0.686. The second kappa shape index (κ2) is 14.3. The Morgan fingerprint density at radius 2 is 1.49 bits per heavy atom. The smallest absolute Gasteiger partial charge is 0.226 e. The Hall–Kier alpha value is -2.89. The number of aliphatic hydroxyl groups excluding tert-OH is 7. The molecule has 8 N–H and O–H groups in total. The van der Waals surface area contributed by atoms with Crippen molar-refractivity contribution < 1.29 is 64.2 Å². The van der Waals surface area contributed by atoms with Gasteiger partial charge in [0.2, 0.25) is 5.91 Å². The third-order valence-corrected chi connectivity index (χ3v) is 7.40. The first-order valence-electron chi connectivity index (χ1n) is 13.8. The number of ether oxygens (including phenoxy) is 5. The Kier molecular flexibility index (Phi) is 10.9. The van der Waals surface area contributed by atoms with E-state index in [1.54, 1.807) is 50.2 Å². The van der Waals surface area contributed by atoms with Gasteiger partial charge in [0.25, 0.3) is 0 Å². The highest BCUT2D eigenvalue weighted by Gasteiger charge is 2.50. The Labute approximate surface area is 248 Å². The Morgan fingerprint density at radius 1 is 0.837 bits per heavy atom. The minimum atomic E-state index is -1.78. The van der Waals surface area contributed by atoms with Crippen molar-refractivity contribution in [3.63, 3.8) is 0 Å². The molecule has 4 rings (SSSR count). The summed E-state index contributed by atoms with van der Waals surface area (Å²) in [6.07, 6.45) is -15.2. The van der Waals surface area contributed by atoms with Crippen molar-refractivity contribution in [2.75, 3.05) is 25.6 Å². The van der Waals surface area contributed by atoms with Crippen LogP contribution in [0.1, 0.15) is 25.5 Å². The lowest BCUT2D eigenvalue weighted by atomic mass is 9.90. The molecule has 0 aromatic heterocycles. The van der Waals surface area contributed by atoms with Gasteiger partial charge in [-0.05, 0) is 42.0 Å². The van der Waals surface area contributed by atoms with Crippen LogP contribution in [0.15, 0.2) is 42.5 Å². The van der Waals surface area contributed by atoms with Gasteiger partial charge in [-0.25, -0.2) is 0 Å². The summed E-state index contributed by atoms with van der Waals surface area (Å²) in [5, 5.41) is 74.9. The summed E-state index contributed by atoms with van der Waals surface area (Å²) in [4.78, 5) is 12.0. The maximum absolute atomic E-state index is 12.0. The van der Waals surface area contributed by atoms with Crippen LogP contribution in [0.5, 0.6) is 17.2 Å². The van der Waals surface area contributed by atoms with Gasteiger partial charge >= 0.3 is 0 Å². The molecule has 1 amide bonds. The SMILES string of the molecule is COc1ccc([C@H]2O[C@H](CO)[C@@H](O)[C@H](O[C@H]3O[C@H](CO)[C@@H](O)[C@H](O)[C@@H]3O)[C@@H]2O)cc1Oc1ccc(NC(=O)C(C)C)cc1. The van der Waals surface area contributed by atoms with Crippen LogP contribution >= 0.6 is 0 Å². The van der Waals surface area contributed by atoms with Gasteiger partial charge in [-0.3, -0.25) is 4.79 Å². The molecule has 14 heteroatoms. The van der Waals surface area contributed by atoms with Gasteiger partial charge in [0.15, 0.2) is 17.8 Å². The van der Waals surface area contributed by atoms with Crippen molar-refractivity contribution >= 4 is 11.6 Å². The quantitative estimate of drug-likeness (QED) is 0.169. The van der Waals surface area contributed by atoms with Crippen LogP contribution in [0.3, 0.4) is 0 Å². The van der Waals surface area contributed by atoms with Crippen molar-refractivity contribution in [1.29, 1.82) is 0 Å². The van der Waals surface area contributed by atoms with Crippen LogP contribution in [0.2, 0.25) is 0 Å². The number of rotatable bonds is 10. The number of aliphatic hydroxyl groups is 7. The average molecular weight is 610 g/mol. The summed E-state index contributed by atoms with van der Waals surface area (Å²) >= 11 is 0. The third-order valence-electron chi connectivity index (χ3n) is 7.40. The van der Waals surface area contributed by atoms with Gasteiger partial charge in [0.05, 0.1) is 20.3 Å². The first-order chi connectivity index (χ1) is 20.5. The molecule has 2 fully saturated rings. The molecule has 10 atom stereocenters. The Balaban J connectivity index is 1.56. The molecule has 0 saturated carbocycles. The van der Waals surface area contributed by atoms with Crippen LogP contribution in [0, 0.1) is 5.92 Å². The molecule has 0 radical (unpaired) electrons. The van der Waals surface area contributed by atoms with E-state index in [-0.39, 0.29) is 17.6 Å². The van der Waals surface area contributed by atoms with Gasteiger partial charge in [0, 0.05) is 11.6 Å². The van der Waals surface area contributed by atoms with Crippen LogP contribution in [0.25, 0.3) is 0 Å². The number of carbonyl (C=O) groups is 1. The number of methoxy groups -OCH3 is 1. The van der Waals surface area contributed by atoms with Gasteiger partial charge in [0.1, 0.15) is 60.7 Å². The topological polar surface area (TPSA) is 217 Å². The van der Waals surface area contributed by atoms with E-state index < -0.39 is 74.4 Å². The second-order valence-corrected chi connectivity index (χ2v) is 10.7. The summed E-state index contributed by atoms with van der Waals surface area (Å²) < 4.78 is 28.3. The van der Waals surface area contributed by atoms with Gasteiger partial charge in [-0.15, -0.1) is 0 Å². The monoisotopic (exact) mass is 609 g/mol. The summed E-state index contributed by atoms with van der Waals surface area (Å²) in [5.41, 5.74) is 0.946. The highest BCUT2D eigenvalue weighted by atomic mass is 16.7. The predicted molar refractivity (Wildman–Crippen MR) is 148 cm³/mol. The summed E-state index contributed by atoms with van der Waals surface area (Å²) in [7, 11) is 1.45. The van der Waals surface area contributed by atoms with Crippen LogP contribution < -0.4 is 14.8 Å². The van der Waals surface area contributed by atoms with E-state index in [4.69, 9.17) is 23.7 Å². The number of nitrogens with one attached hydrogen (secondary N) is 1. The van der Waals surface area contributed by atoms with E-state index in [1.807, 2.05) is 0 Å². The molecule has 0 aliphatic carbocycles. The molecule has 0 spiro atoms. The van der Waals surface area contributed by atoms with Crippen molar-refractivity contribution in [3.8, 4) is 17.2 Å². The van der Waals surface area contributed by atoms with E-state index in [2.05, 4.69) is 5.32 Å². The van der Waals surface area contributed by atoms with Crippen LogP contribution in [-0.2, 0) is 19.0 Å². The molecule has 0 bridgehead atoms. The molecule has 2 heterocycles. The molecule has 43 heavy (non-hydrogen) atoms. The highest BCUT2D eigenvalue weighted by Crippen LogP contribution is 2.40. The number of benzene rings is 2. The summed E-state index contributed by atoms with van der Waals surface area (Å²) in [6, 6.07) is 11.3. The fourth-order valence-corrected chi connectivity index (χ4v) is 4.83. The lowest BCUT2D eigenvalue weighted by molar-refractivity contribution is -0.342. The number of hydrogen-bond acceptors (Lipinski definition) is 13. The number of hydrogen-bond donors (Lipinski definition) is 8. The maximum Gasteiger partial charge on any atom is 0.226 e. The molecule has 2 aliphatic heterocycles. The van der Waals surface area contributed by atoms with Crippen molar-refractivity contribution in [1.82, 2.24) is 0 Å². The molecule has 2 aromatic carbocycles. The van der Waals surface area contributed by atoms with E-state index in [1.165, 1.54) is 13.2 Å². The summed E-state index contributed by atoms with van der Waals surface area (Å²) in [6.45, 7) is 2.21. The first-order valence-corrected chi connectivity index (χ1v) is 13.8. The average Bonchev–Trinajstić information content (AvgIpc) is 3.00. The minimum absolute atomic E-state index is 0.130. The zero-order valence-corrected chi connectivity index (χ0v) is 23.9. The van der Waals surface area contributed by atoms with Gasteiger partial charge in [-0.2, -0.15) is 0 Å². The highest BCUT2D eigenvalue weighted by molar-refractivity contribution is 5.92. The van der Waals surface area contributed by atoms with Crippen LogP contribution in [0.4, 0.5) is 5.69 Å². The van der Waals surface area contributed by atoms with Gasteiger partial charge in [-0.1, -0.05) is 19.9 Å². The maximum atomic E-state index is 12.0. The van der Waals surface area contributed by atoms with Crippen molar-refractivity contribution in [2.24, 2.45) is 5.92 Å². The number of amides is 1. The number of anilines is 1. The molecule has 2 aromatic rings.